The lowest BCUT2D eigenvalue weighted by Gasteiger charge is -2.34. The molecule has 0 atom stereocenters. The van der Waals surface area contributed by atoms with Crippen molar-refractivity contribution in [2.75, 3.05) is 70.7 Å². The number of aromatic nitrogens is 3. The predicted octanol–water partition coefficient (Wildman–Crippen LogP) is 4.39. The molecule has 0 saturated carbocycles. The number of benzene rings is 1. The minimum atomic E-state index is -0.465. The van der Waals surface area contributed by atoms with Crippen molar-refractivity contribution in [3.05, 3.63) is 30.5 Å². The summed E-state index contributed by atoms with van der Waals surface area (Å²) < 4.78 is 16.4. The molecule has 46 heavy (non-hydrogen) atoms. The van der Waals surface area contributed by atoms with Crippen LogP contribution in [0.4, 0.5) is 16.6 Å². The number of carbonyl (C=O) groups excluding carboxylic acids is 2. The molecule has 0 radical (unpaired) electrons. The lowest BCUT2D eigenvalue weighted by Crippen LogP contribution is -2.48. The Morgan fingerprint density at radius 2 is 1.54 bits per heavy atom. The summed E-state index contributed by atoms with van der Waals surface area (Å²) in [7, 11) is 3.18. The average molecular weight is 637 g/mol. The first kappa shape index (κ1) is 34.6. The maximum absolute atomic E-state index is 12.9. The van der Waals surface area contributed by atoms with E-state index in [0.29, 0.717) is 53.0 Å². The highest BCUT2D eigenvalue weighted by molar-refractivity contribution is 5.96. The molecule has 0 aliphatic carbocycles. The van der Waals surface area contributed by atoms with E-state index >= 15 is 0 Å². The number of amides is 2. The number of fused-ring (bicyclic) bond motifs is 1. The smallest absolute Gasteiger partial charge is 0.320 e. The molecule has 0 spiro atoms. The molecular weight excluding hydrogens is 588 g/mol. The Morgan fingerprint density at radius 1 is 0.891 bits per heavy atom. The summed E-state index contributed by atoms with van der Waals surface area (Å²) in [5.41, 5.74) is 0.970. The lowest BCUT2D eigenvalue weighted by molar-refractivity contribution is -0.156. The van der Waals surface area contributed by atoms with Gasteiger partial charge in [-0.3, -0.25) is 15.0 Å². The topological polar surface area (TPSA) is 143 Å². The van der Waals surface area contributed by atoms with Gasteiger partial charge in [0.1, 0.15) is 22.9 Å². The van der Waals surface area contributed by atoms with Crippen LogP contribution >= 0.6 is 0 Å². The first-order chi connectivity index (χ1) is 21.7. The molecule has 1 aromatic carbocycles. The van der Waals surface area contributed by atoms with Crippen LogP contribution in [0.25, 0.3) is 22.2 Å². The highest BCUT2D eigenvalue weighted by Gasteiger charge is 2.23. The molecule has 0 unspecified atom stereocenters. The van der Waals surface area contributed by atoms with Crippen LogP contribution in [0.3, 0.4) is 0 Å². The molecule has 3 heterocycles. The molecule has 1 aliphatic heterocycles. The summed E-state index contributed by atoms with van der Waals surface area (Å²) in [6.07, 6.45) is 2.62. The van der Waals surface area contributed by atoms with E-state index in [-0.39, 0.29) is 12.0 Å². The fourth-order valence-corrected chi connectivity index (χ4v) is 5.04. The Labute approximate surface area is 271 Å². The molecule has 1 saturated heterocycles. The molecular formula is C33H48N8O5. The molecule has 0 bridgehead atoms. The van der Waals surface area contributed by atoms with Gasteiger partial charge in [-0.05, 0) is 78.3 Å². The van der Waals surface area contributed by atoms with Crippen molar-refractivity contribution in [3.63, 3.8) is 0 Å². The van der Waals surface area contributed by atoms with Crippen LogP contribution < -0.4 is 25.4 Å². The molecule has 1 fully saturated rings. The van der Waals surface area contributed by atoms with E-state index < -0.39 is 11.1 Å². The fourth-order valence-electron chi connectivity index (χ4n) is 5.04. The Morgan fingerprint density at radius 3 is 2.15 bits per heavy atom. The first-order valence-electron chi connectivity index (χ1n) is 15.6. The largest absolute Gasteiger partial charge is 0.497 e. The van der Waals surface area contributed by atoms with E-state index in [4.69, 9.17) is 19.2 Å². The van der Waals surface area contributed by atoms with Gasteiger partial charge in [-0.25, -0.2) is 14.8 Å². The number of urea groups is 1. The molecule has 3 aromatic rings. The number of pyridine rings is 1. The summed E-state index contributed by atoms with van der Waals surface area (Å²) in [4.78, 5) is 43.5. The van der Waals surface area contributed by atoms with Crippen molar-refractivity contribution in [2.24, 2.45) is 0 Å². The molecule has 4 rings (SSSR count). The summed E-state index contributed by atoms with van der Waals surface area (Å²) >= 11 is 0. The van der Waals surface area contributed by atoms with Crippen molar-refractivity contribution in [1.29, 1.82) is 0 Å². The number of rotatable bonds is 11. The lowest BCUT2D eigenvalue weighted by atomic mass is 10.0. The number of anilines is 2. The van der Waals surface area contributed by atoms with Gasteiger partial charge in [0.05, 0.1) is 20.8 Å². The van der Waals surface area contributed by atoms with E-state index in [1.165, 1.54) is 0 Å². The van der Waals surface area contributed by atoms with E-state index in [9.17, 15) is 9.59 Å². The third kappa shape index (κ3) is 10.4. The average Bonchev–Trinajstić information content (AvgIpc) is 2.97. The fraction of sp³-hybridized carbons (Fsp3) is 0.545. The van der Waals surface area contributed by atoms with Crippen molar-refractivity contribution in [3.8, 4) is 22.6 Å². The van der Waals surface area contributed by atoms with Gasteiger partial charge in [-0.1, -0.05) is 0 Å². The summed E-state index contributed by atoms with van der Waals surface area (Å²) in [5, 5.41) is 9.85. The highest BCUT2D eigenvalue weighted by atomic mass is 16.6. The zero-order chi connectivity index (χ0) is 33.5. The summed E-state index contributed by atoms with van der Waals surface area (Å²) in [6.45, 7) is 16.8. The number of hydrogen-bond donors (Lipinski definition) is 3. The van der Waals surface area contributed by atoms with Crippen LogP contribution in [0.15, 0.2) is 30.5 Å². The molecule has 13 nitrogen and oxygen atoms in total. The van der Waals surface area contributed by atoms with Crippen LogP contribution in [-0.4, -0.2) is 108 Å². The number of nitrogens with zero attached hydrogens (tertiary/aromatic N) is 5. The van der Waals surface area contributed by atoms with Gasteiger partial charge in [-0.15, -0.1) is 0 Å². The van der Waals surface area contributed by atoms with E-state index in [1.807, 2.05) is 59.7 Å². The monoisotopic (exact) mass is 636 g/mol. The van der Waals surface area contributed by atoms with Gasteiger partial charge >= 0.3 is 12.0 Å². The van der Waals surface area contributed by atoms with Crippen molar-refractivity contribution in [2.45, 2.75) is 59.1 Å². The first-order valence-corrected chi connectivity index (χ1v) is 15.6. The minimum Gasteiger partial charge on any atom is -0.497 e. The van der Waals surface area contributed by atoms with Crippen molar-refractivity contribution >= 4 is 34.8 Å². The molecule has 3 N–H and O–H groups in total. The maximum Gasteiger partial charge on any atom is 0.320 e. The normalized spacial score (nSPS) is 14.5. The van der Waals surface area contributed by atoms with Crippen LogP contribution in [0.1, 0.15) is 48.0 Å². The number of carbonyl (C=O) groups is 2. The Kier molecular flexibility index (Phi) is 11.2. The second kappa shape index (κ2) is 14.9. The number of nitrogens with one attached hydrogen (secondary N) is 3. The summed E-state index contributed by atoms with van der Waals surface area (Å²) in [6, 6.07) is 7.01. The molecule has 250 valence electrons. The SMILES string of the molecule is COc1cc(OC)cc(-c2cc3cnc(NCCCN4CCN(CC(=O)OC(C)(C)C)CC4)nc3nc2NC(=O)NC(C)(C)C)c1. The quantitative estimate of drug-likeness (QED) is 0.204. The number of methoxy groups -OCH3 is 2. The van der Waals surface area contributed by atoms with Gasteiger partial charge in [0.15, 0.2) is 5.65 Å². The number of piperazine rings is 1. The Bertz CT molecular complexity index is 1490. The third-order valence-electron chi connectivity index (χ3n) is 7.12. The highest BCUT2D eigenvalue weighted by Crippen LogP contribution is 2.35. The number of ether oxygens (including phenoxy) is 3. The third-order valence-corrected chi connectivity index (χ3v) is 7.12. The van der Waals surface area contributed by atoms with Crippen LogP contribution in [0.2, 0.25) is 0 Å². The van der Waals surface area contributed by atoms with Gasteiger partial charge in [0, 0.05) is 61.5 Å². The second-order valence-corrected chi connectivity index (χ2v) is 13.4. The van der Waals surface area contributed by atoms with Gasteiger partial charge in [0.25, 0.3) is 0 Å². The van der Waals surface area contributed by atoms with Crippen molar-refractivity contribution in [1.82, 2.24) is 30.1 Å². The zero-order valence-corrected chi connectivity index (χ0v) is 28.3. The van der Waals surface area contributed by atoms with Crippen molar-refractivity contribution < 1.29 is 23.8 Å². The standard InChI is InChI=1S/C33H48N8O5/c1-32(2,3)39-31(43)38-29-26(22-16-24(44-7)19-25(17-22)45-8)18-23-20-35-30(37-28(23)36-29)34-10-9-11-40-12-14-41(15-13-40)21-27(42)46-33(4,5)6/h16-20H,9-15,21H2,1-8H3,(H3,34,35,36,37,38,39,43). The van der Waals surface area contributed by atoms with Gasteiger partial charge < -0.3 is 29.7 Å². The number of esters is 1. The maximum atomic E-state index is 12.9. The predicted molar refractivity (Wildman–Crippen MR) is 180 cm³/mol. The Hall–Kier alpha value is -4.23. The number of hydrogen-bond acceptors (Lipinski definition) is 11. The molecule has 2 amide bonds. The van der Waals surface area contributed by atoms with Gasteiger partial charge in [-0.2, -0.15) is 4.98 Å². The molecule has 1 aliphatic rings. The Balaban J connectivity index is 1.41. The van der Waals surface area contributed by atoms with Crippen LogP contribution in [0, 0.1) is 0 Å². The zero-order valence-electron chi connectivity index (χ0n) is 28.3. The molecule has 2 aromatic heterocycles. The van der Waals surface area contributed by atoms with Gasteiger partial charge in [0.2, 0.25) is 5.95 Å². The summed E-state index contributed by atoms with van der Waals surface area (Å²) in [5.74, 6) is 1.85. The van der Waals surface area contributed by atoms with Crippen LogP contribution in [0.5, 0.6) is 11.5 Å². The van der Waals surface area contributed by atoms with E-state index in [1.54, 1.807) is 26.5 Å². The van der Waals surface area contributed by atoms with E-state index in [0.717, 1.165) is 44.7 Å². The van der Waals surface area contributed by atoms with Crippen LogP contribution in [-0.2, 0) is 9.53 Å². The van der Waals surface area contributed by atoms with E-state index in [2.05, 4.69) is 35.7 Å². The second-order valence-electron chi connectivity index (χ2n) is 13.4. The molecule has 13 heteroatoms. The minimum absolute atomic E-state index is 0.178.